The molecule has 0 radical (unpaired) electrons. The van der Waals surface area contributed by atoms with Crippen molar-refractivity contribution in [1.82, 2.24) is 15.2 Å². The highest BCUT2D eigenvalue weighted by atomic mass is 32.1. The van der Waals surface area contributed by atoms with Crippen molar-refractivity contribution in [3.8, 4) is 10.9 Å². The van der Waals surface area contributed by atoms with Gasteiger partial charge in [-0.2, -0.15) is 0 Å². The number of carbonyl (C=O) groups is 1. The molecule has 2 aromatic heterocycles. The Morgan fingerprint density at radius 2 is 2.23 bits per heavy atom. The minimum Gasteiger partial charge on any atom is -0.481 e. The molecule has 0 aromatic carbocycles. The van der Waals surface area contributed by atoms with E-state index in [9.17, 15) is 4.79 Å². The molecule has 1 aliphatic rings. The normalized spacial score (nSPS) is 15.7. The third-order valence-electron chi connectivity index (χ3n) is 4.10. The second kappa shape index (κ2) is 5.79. The molecule has 3 rings (SSSR count). The number of nitrogens with zero attached hydrogens (tertiary/aromatic N) is 3. The van der Waals surface area contributed by atoms with Crippen molar-refractivity contribution in [2.45, 2.75) is 46.0 Å². The largest absolute Gasteiger partial charge is 0.481 e. The number of hydrogen-bond donors (Lipinski definition) is 1. The fraction of sp³-hybridized carbons (Fsp3) is 0.600. The highest BCUT2D eigenvalue weighted by Gasteiger charge is 2.30. The lowest BCUT2D eigenvalue weighted by Crippen LogP contribution is -2.26. The highest BCUT2D eigenvalue weighted by molar-refractivity contribution is 7.13. The topological polar surface area (TPSA) is 89.1 Å². The van der Waals surface area contributed by atoms with E-state index in [1.807, 2.05) is 5.38 Å². The second-order valence-electron chi connectivity index (χ2n) is 6.51. The number of rotatable bonds is 6. The van der Waals surface area contributed by atoms with Crippen LogP contribution < -0.4 is 0 Å². The van der Waals surface area contributed by atoms with Gasteiger partial charge in [0.25, 0.3) is 5.89 Å². The standard InChI is InChI=1S/C15H19N3O3S/c1-15(2,14(19)20)7-11-17-18-12(21-11)13-16-10(8-22-13)6-9-4-3-5-9/h8-9H,3-7H2,1-2H3,(H,19,20). The summed E-state index contributed by atoms with van der Waals surface area (Å²) in [6.45, 7) is 3.28. The van der Waals surface area contributed by atoms with E-state index in [4.69, 9.17) is 9.52 Å². The Bertz CT molecular complexity index is 673. The molecule has 118 valence electrons. The van der Waals surface area contributed by atoms with Gasteiger partial charge in [0.1, 0.15) is 0 Å². The van der Waals surface area contributed by atoms with Crippen LogP contribution in [0.4, 0.5) is 0 Å². The van der Waals surface area contributed by atoms with Crippen molar-refractivity contribution < 1.29 is 14.3 Å². The summed E-state index contributed by atoms with van der Waals surface area (Å²) in [5, 5.41) is 19.8. The zero-order valence-electron chi connectivity index (χ0n) is 12.7. The van der Waals surface area contributed by atoms with E-state index >= 15 is 0 Å². The van der Waals surface area contributed by atoms with Crippen molar-refractivity contribution >= 4 is 17.3 Å². The molecule has 6 nitrogen and oxygen atoms in total. The van der Waals surface area contributed by atoms with Gasteiger partial charge in [-0.3, -0.25) is 4.79 Å². The molecule has 1 aliphatic carbocycles. The van der Waals surface area contributed by atoms with Gasteiger partial charge < -0.3 is 9.52 Å². The van der Waals surface area contributed by atoms with Crippen LogP contribution in [0.2, 0.25) is 0 Å². The molecule has 0 aliphatic heterocycles. The Hall–Kier alpha value is -1.76. The number of carboxylic acids is 1. The quantitative estimate of drug-likeness (QED) is 0.879. The lowest BCUT2D eigenvalue weighted by atomic mass is 9.82. The van der Waals surface area contributed by atoms with E-state index in [2.05, 4.69) is 15.2 Å². The Labute approximate surface area is 132 Å². The Balaban J connectivity index is 1.69. The van der Waals surface area contributed by atoms with E-state index in [1.54, 1.807) is 13.8 Å². The summed E-state index contributed by atoms with van der Waals surface area (Å²) in [6.07, 6.45) is 5.14. The van der Waals surface area contributed by atoms with E-state index in [0.717, 1.165) is 18.0 Å². The predicted molar refractivity (Wildman–Crippen MR) is 81.6 cm³/mol. The van der Waals surface area contributed by atoms with Crippen molar-refractivity contribution in [1.29, 1.82) is 0 Å². The zero-order valence-corrected chi connectivity index (χ0v) is 13.5. The molecule has 2 heterocycles. The molecule has 0 bridgehead atoms. The molecule has 7 heteroatoms. The van der Waals surface area contributed by atoms with Crippen molar-refractivity contribution in [3.63, 3.8) is 0 Å². The number of thiazole rings is 1. The molecule has 1 saturated carbocycles. The minimum absolute atomic E-state index is 0.204. The summed E-state index contributed by atoms with van der Waals surface area (Å²) in [5.41, 5.74) is 0.150. The summed E-state index contributed by atoms with van der Waals surface area (Å²) < 4.78 is 5.58. The van der Waals surface area contributed by atoms with Crippen LogP contribution >= 0.6 is 11.3 Å². The average Bonchev–Trinajstić information content (AvgIpc) is 3.02. The number of aromatic nitrogens is 3. The first-order valence-electron chi connectivity index (χ1n) is 7.44. The molecule has 1 fully saturated rings. The van der Waals surface area contributed by atoms with Crippen LogP contribution in [-0.2, 0) is 17.6 Å². The maximum Gasteiger partial charge on any atom is 0.309 e. The van der Waals surface area contributed by atoms with Crippen LogP contribution in [0.25, 0.3) is 10.9 Å². The molecule has 0 unspecified atom stereocenters. The van der Waals surface area contributed by atoms with Crippen LogP contribution in [0, 0.1) is 11.3 Å². The molecule has 0 atom stereocenters. The molecule has 1 N–H and O–H groups in total. The maximum absolute atomic E-state index is 11.1. The predicted octanol–water partition coefficient (Wildman–Crippen LogP) is 3.19. The first kappa shape index (κ1) is 15.1. The summed E-state index contributed by atoms with van der Waals surface area (Å²) in [4.78, 5) is 15.7. The van der Waals surface area contributed by atoms with Crippen LogP contribution in [0.1, 0.15) is 44.7 Å². The van der Waals surface area contributed by atoms with Gasteiger partial charge in [0, 0.05) is 11.8 Å². The molecule has 0 spiro atoms. The van der Waals surface area contributed by atoms with Crippen molar-refractivity contribution in [3.05, 3.63) is 17.0 Å². The average molecular weight is 321 g/mol. The molecular formula is C15H19N3O3S. The van der Waals surface area contributed by atoms with Gasteiger partial charge in [0.15, 0.2) is 5.01 Å². The smallest absolute Gasteiger partial charge is 0.309 e. The Morgan fingerprint density at radius 3 is 2.86 bits per heavy atom. The summed E-state index contributed by atoms with van der Waals surface area (Å²) in [5.74, 6) is 0.591. The molecule has 0 amide bonds. The lowest BCUT2D eigenvalue weighted by Gasteiger charge is -2.24. The van der Waals surface area contributed by atoms with Gasteiger partial charge in [-0.15, -0.1) is 21.5 Å². The van der Waals surface area contributed by atoms with Crippen LogP contribution in [-0.4, -0.2) is 26.3 Å². The number of carboxylic acid groups (broad SMARTS) is 1. The monoisotopic (exact) mass is 321 g/mol. The van der Waals surface area contributed by atoms with Gasteiger partial charge in [0.2, 0.25) is 5.89 Å². The maximum atomic E-state index is 11.1. The van der Waals surface area contributed by atoms with E-state index in [-0.39, 0.29) is 6.42 Å². The van der Waals surface area contributed by atoms with Crippen molar-refractivity contribution in [2.24, 2.45) is 11.3 Å². The van der Waals surface area contributed by atoms with E-state index in [1.165, 1.54) is 30.6 Å². The van der Waals surface area contributed by atoms with Gasteiger partial charge in [-0.1, -0.05) is 19.3 Å². The van der Waals surface area contributed by atoms with E-state index < -0.39 is 11.4 Å². The number of aliphatic carboxylic acids is 1. The van der Waals surface area contributed by atoms with E-state index in [0.29, 0.717) is 16.8 Å². The van der Waals surface area contributed by atoms with Gasteiger partial charge in [-0.05, 0) is 26.2 Å². The minimum atomic E-state index is -0.929. The third-order valence-corrected chi connectivity index (χ3v) is 4.98. The Kier molecular flexibility index (Phi) is 3.99. The summed E-state index contributed by atoms with van der Waals surface area (Å²) in [7, 11) is 0. The van der Waals surface area contributed by atoms with Gasteiger partial charge in [-0.25, -0.2) is 4.98 Å². The second-order valence-corrected chi connectivity index (χ2v) is 7.37. The Morgan fingerprint density at radius 1 is 1.45 bits per heavy atom. The first-order valence-corrected chi connectivity index (χ1v) is 8.32. The molecule has 0 saturated heterocycles. The van der Waals surface area contributed by atoms with Crippen molar-refractivity contribution in [2.75, 3.05) is 0 Å². The lowest BCUT2D eigenvalue weighted by molar-refractivity contribution is -0.147. The fourth-order valence-corrected chi connectivity index (χ4v) is 3.11. The summed E-state index contributed by atoms with van der Waals surface area (Å²) in [6, 6.07) is 0. The van der Waals surface area contributed by atoms with Crippen LogP contribution in [0.5, 0.6) is 0 Å². The highest BCUT2D eigenvalue weighted by Crippen LogP contribution is 2.32. The van der Waals surface area contributed by atoms with Gasteiger partial charge >= 0.3 is 5.97 Å². The van der Waals surface area contributed by atoms with Crippen LogP contribution in [0.3, 0.4) is 0 Å². The SMILES string of the molecule is CC(C)(Cc1nnc(-c2nc(CC3CCC3)cs2)o1)C(=O)O. The van der Waals surface area contributed by atoms with Crippen LogP contribution in [0.15, 0.2) is 9.80 Å². The first-order chi connectivity index (χ1) is 10.4. The summed E-state index contributed by atoms with van der Waals surface area (Å²) >= 11 is 1.49. The third kappa shape index (κ3) is 3.19. The fourth-order valence-electron chi connectivity index (χ4n) is 2.36. The zero-order chi connectivity index (χ0) is 15.7. The van der Waals surface area contributed by atoms with Gasteiger partial charge in [0.05, 0.1) is 11.1 Å². The number of hydrogen-bond acceptors (Lipinski definition) is 6. The molecule has 22 heavy (non-hydrogen) atoms. The molecular weight excluding hydrogens is 302 g/mol. The molecule has 2 aromatic rings.